The quantitative estimate of drug-likeness (QED) is 0.841. The SMILES string of the molecule is CCN(CC1COc2ccccc2O1)C(=O)C(CN)c1ccccc1.Cl. The van der Waals surface area contributed by atoms with Crippen molar-refractivity contribution in [2.75, 3.05) is 26.2 Å². The third-order valence-corrected chi connectivity index (χ3v) is 4.42. The van der Waals surface area contributed by atoms with Crippen LogP contribution in [0.25, 0.3) is 0 Å². The van der Waals surface area contributed by atoms with Crippen molar-refractivity contribution in [1.29, 1.82) is 0 Å². The molecule has 0 spiro atoms. The molecule has 0 fully saturated rings. The van der Waals surface area contributed by atoms with E-state index in [9.17, 15) is 4.79 Å². The summed E-state index contributed by atoms with van der Waals surface area (Å²) in [4.78, 5) is 14.8. The summed E-state index contributed by atoms with van der Waals surface area (Å²) in [6.07, 6.45) is -0.187. The van der Waals surface area contributed by atoms with E-state index >= 15 is 0 Å². The Morgan fingerprint density at radius 3 is 2.46 bits per heavy atom. The average molecular weight is 377 g/mol. The number of fused-ring (bicyclic) bond motifs is 1. The van der Waals surface area contributed by atoms with Crippen LogP contribution in [0.5, 0.6) is 11.5 Å². The molecule has 26 heavy (non-hydrogen) atoms. The average Bonchev–Trinajstić information content (AvgIpc) is 2.67. The fraction of sp³-hybridized carbons (Fsp3) is 0.350. The molecule has 0 saturated carbocycles. The first kappa shape index (κ1) is 20.1. The van der Waals surface area contributed by atoms with Crippen LogP contribution in [0.4, 0.5) is 0 Å². The number of rotatable bonds is 6. The van der Waals surface area contributed by atoms with Crippen molar-refractivity contribution < 1.29 is 14.3 Å². The molecule has 140 valence electrons. The van der Waals surface area contributed by atoms with Gasteiger partial charge in [-0.3, -0.25) is 4.79 Å². The number of halogens is 1. The van der Waals surface area contributed by atoms with Gasteiger partial charge in [-0.05, 0) is 24.6 Å². The lowest BCUT2D eigenvalue weighted by atomic mass is 9.97. The Morgan fingerprint density at radius 1 is 1.15 bits per heavy atom. The summed E-state index contributed by atoms with van der Waals surface area (Å²) in [5.74, 6) is 1.16. The minimum absolute atomic E-state index is 0. The van der Waals surface area contributed by atoms with Gasteiger partial charge < -0.3 is 20.1 Å². The van der Waals surface area contributed by atoms with Crippen LogP contribution in [-0.4, -0.2) is 43.2 Å². The lowest BCUT2D eigenvalue weighted by molar-refractivity contribution is -0.134. The number of hydrogen-bond donors (Lipinski definition) is 1. The van der Waals surface area contributed by atoms with Crippen molar-refractivity contribution in [1.82, 2.24) is 4.90 Å². The molecule has 2 aromatic carbocycles. The highest BCUT2D eigenvalue weighted by atomic mass is 35.5. The zero-order chi connectivity index (χ0) is 17.6. The van der Waals surface area contributed by atoms with Gasteiger partial charge in [0.15, 0.2) is 17.6 Å². The molecule has 0 saturated heterocycles. The van der Waals surface area contributed by atoms with Gasteiger partial charge in [0.1, 0.15) is 6.61 Å². The van der Waals surface area contributed by atoms with Gasteiger partial charge in [0.2, 0.25) is 5.91 Å². The molecule has 0 radical (unpaired) electrons. The van der Waals surface area contributed by atoms with Crippen LogP contribution >= 0.6 is 12.4 Å². The maximum absolute atomic E-state index is 13.0. The minimum atomic E-state index is -0.335. The predicted octanol–water partition coefficient (Wildman–Crippen LogP) is 2.84. The second kappa shape index (κ2) is 9.46. The molecule has 2 aromatic rings. The van der Waals surface area contributed by atoms with E-state index in [0.717, 1.165) is 17.1 Å². The van der Waals surface area contributed by atoms with E-state index in [1.807, 2.05) is 61.5 Å². The number of carbonyl (C=O) groups is 1. The van der Waals surface area contributed by atoms with Crippen molar-refractivity contribution in [2.45, 2.75) is 18.9 Å². The number of hydrogen-bond acceptors (Lipinski definition) is 4. The number of para-hydroxylation sites is 2. The first-order chi connectivity index (χ1) is 12.2. The number of ether oxygens (including phenoxy) is 2. The van der Waals surface area contributed by atoms with E-state index in [4.69, 9.17) is 15.2 Å². The Bertz CT molecular complexity index is 711. The van der Waals surface area contributed by atoms with Gasteiger partial charge in [0.25, 0.3) is 0 Å². The summed E-state index contributed by atoms with van der Waals surface area (Å²) < 4.78 is 11.7. The lowest BCUT2D eigenvalue weighted by Gasteiger charge is -2.32. The Labute approximate surface area is 160 Å². The molecule has 5 nitrogen and oxygen atoms in total. The van der Waals surface area contributed by atoms with Crippen molar-refractivity contribution in [3.05, 3.63) is 60.2 Å². The first-order valence-corrected chi connectivity index (χ1v) is 8.65. The Kier molecular flexibility index (Phi) is 7.30. The van der Waals surface area contributed by atoms with Crippen LogP contribution in [0.2, 0.25) is 0 Å². The summed E-state index contributed by atoms with van der Waals surface area (Å²) in [6.45, 7) is 3.76. The molecule has 0 aromatic heterocycles. The van der Waals surface area contributed by atoms with Crippen LogP contribution < -0.4 is 15.2 Å². The van der Waals surface area contributed by atoms with E-state index in [2.05, 4.69) is 0 Å². The Balaban J connectivity index is 0.00000243. The molecule has 2 N–H and O–H groups in total. The van der Waals surface area contributed by atoms with Crippen LogP contribution in [0.1, 0.15) is 18.4 Å². The highest BCUT2D eigenvalue weighted by molar-refractivity contribution is 5.85. The smallest absolute Gasteiger partial charge is 0.231 e. The Morgan fingerprint density at radius 2 is 1.81 bits per heavy atom. The number of benzene rings is 2. The molecule has 3 rings (SSSR count). The summed E-state index contributed by atoms with van der Waals surface area (Å²) >= 11 is 0. The molecule has 1 heterocycles. The summed E-state index contributed by atoms with van der Waals surface area (Å²) in [5, 5.41) is 0. The van der Waals surface area contributed by atoms with Gasteiger partial charge in [-0.25, -0.2) is 0 Å². The molecular weight excluding hydrogens is 352 g/mol. The Hall–Kier alpha value is -2.24. The van der Waals surface area contributed by atoms with Crippen molar-refractivity contribution in [3.63, 3.8) is 0 Å². The first-order valence-electron chi connectivity index (χ1n) is 8.65. The summed E-state index contributed by atoms with van der Waals surface area (Å²) in [5.41, 5.74) is 6.84. The fourth-order valence-corrected chi connectivity index (χ4v) is 3.06. The number of likely N-dealkylation sites (N-methyl/N-ethyl adjacent to an activating group) is 1. The van der Waals surface area contributed by atoms with Gasteiger partial charge in [0.05, 0.1) is 12.5 Å². The van der Waals surface area contributed by atoms with E-state index in [1.165, 1.54) is 0 Å². The maximum atomic E-state index is 13.0. The van der Waals surface area contributed by atoms with Crippen LogP contribution in [0.15, 0.2) is 54.6 Å². The fourth-order valence-electron chi connectivity index (χ4n) is 3.06. The maximum Gasteiger partial charge on any atom is 0.231 e. The molecule has 1 aliphatic heterocycles. The lowest BCUT2D eigenvalue weighted by Crippen LogP contribution is -2.46. The number of nitrogens with two attached hydrogens (primary N) is 1. The molecule has 0 aliphatic carbocycles. The second-order valence-electron chi connectivity index (χ2n) is 6.07. The molecule has 2 atom stereocenters. The third kappa shape index (κ3) is 4.48. The molecule has 1 aliphatic rings. The van der Waals surface area contributed by atoms with Crippen LogP contribution in [0, 0.1) is 0 Å². The van der Waals surface area contributed by atoms with Crippen molar-refractivity contribution >= 4 is 18.3 Å². The van der Waals surface area contributed by atoms with E-state index in [0.29, 0.717) is 19.7 Å². The molecule has 2 unspecified atom stereocenters. The van der Waals surface area contributed by atoms with Gasteiger partial charge >= 0.3 is 0 Å². The normalized spacial score (nSPS) is 16.3. The zero-order valence-electron chi connectivity index (χ0n) is 14.8. The predicted molar refractivity (Wildman–Crippen MR) is 104 cm³/mol. The third-order valence-electron chi connectivity index (χ3n) is 4.42. The van der Waals surface area contributed by atoms with E-state index in [-0.39, 0.29) is 36.9 Å². The molecular formula is C20H25ClN2O3. The van der Waals surface area contributed by atoms with Crippen molar-refractivity contribution in [3.8, 4) is 11.5 Å². The van der Waals surface area contributed by atoms with Gasteiger partial charge in [-0.2, -0.15) is 0 Å². The largest absolute Gasteiger partial charge is 0.486 e. The monoisotopic (exact) mass is 376 g/mol. The highest BCUT2D eigenvalue weighted by Gasteiger charge is 2.28. The topological polar surface area (TPSA) is 64.8 Å². The van der Waals surface area contributed by atoms with Crippen LogP contribution in [0.3, 0.4) is 0 Å². The van der Waals surface area contributed by atoms with Gasteiger partial charge in [-0.15, -0.1) is 12.4 Å². The van der Waals surface area contributed by atoms with Crippen LogP contribution in [-0.2, 0) is 4.79 Å². The van der Waals surface area contributed by atoms with E-state index in [1.54, 1.807) is 4.90 Å². The van der Waals surface area contributed by atoms with Gasteiger partial charge in [-0.1, -0.05) is 42.5 Å². The second-order valence-corrected chi connectivity index (χ2v) is 6.07. The van der Waals surface area contributed by atoms with Gasteiger partial charge in [0, 0.05) is 13.1 Å². The standard InChI is InChI=1S/C20H24N2O3.ClH/c1-2-22(20(23)17(12-21)15-8-4-3-5-9-15)13-16-14-24-18-10-6-7-11-19(18)25-16;/h3-11,16-17H,2,12-14,21H2,1H3;1H. The number of amides is 1. The molecule has 0 bridgehead atoms. The highest BCUT2D eigenvalue weighted by Crippen LogP contribution is 2.31. The minimum Gasteiger partial charge on any atom is -0.486 e. The summed E-state index contributed by atoms with van der Waals surface area (Å²) in [6, 6.07) is 17.3. The molecule has 6 heteroatoms. The van der Waals surface area contributed by atoms with Crippen molar-refractivity contribution in [2.24, 2.45) is 5.73 Å². The van der Waals surface area contributed by atoms with E-state index < -0.39 is 0 Å². The number of nitrogens with zero attached hydrogens (tertiary/aromatic N) is 1. The number of carbonyl (C=O) groups excluding carboxylic acids is 1. The molecule has 1 amide bonds. The zero-order valence-corrected chi connectivity index (χ0v) is 15.7. The summed E-state index contributed by atoms with van der Waals surface area (Å²) in [7, 11) is 0.